The van der Waals surface area contributed by atoms with E-state index in [0.29, 0.717) is 18.7 Å². The van der Waals surface area contributed by atoms with Gasteiger partial charge in [-0.25, -0.2) is 12.8 Å². The zero-order valence-electron chi connectivity index (χ0n) is 16.1. The summed E-state index contributed by atoms with van der Waals surface area (Å²) in [5, 5.41) is 5.40. The molecule has 0 aliphatic carbocycles. The van der Waals surface area contributed by atoms with Crippen LogP contribution in [0.5, 0.6) is 0 Å². The number of hydrogen-bond donors (Lipinski definition) is 3. The van der Waals surface area contributed by atoms with Crippen LogP contribution in [0.15, 0.2) is 53.4 Å². The molecule has 0 fully saturated rings. The zero-order valence-corrected chi connectivity index (χ0v) is 16.9. The van der Waals surface area contributed by atoms with E-state index in [9.17, 15) is 22.4 Å². The van der Waals surface area contributed by atoms with Crippen LogP contribution >= 0.6 is 0 Å². The molecule has 2 amide bonds. The van der Waals surface area contributed by atoms with Gasteiger partial charge in [-0.3, -0.25) is 14.3 Å². The summed E-state index contributed by atoms with van der Waals surface area (Å²) in [5.41, 5.74) is 0.553. The third-order valence-electron chi connectivity index (χ3n) is 4.02. The number of unbranched alkanes of at least 4 members (excludes halogenated alkanes) is 2. The van der Waals surface area contributed by atoms with Gasteiger partial charge in [0.15, 0.2) is 0 Å². The predicted molar refractivity (Wildman–Crippen MR) is 109 cm³/mol. The Morgan fingerprint density at radius 2 is 1.59 bits per heavy atom. The predicted octanol–water partition coefficient (Wildman–Crippen LogP) is 3.26. The molecule has 0 unspecified atom stereocenters. The number of anilines is 2. The van der Waals surface area contributed by atoms with Crippen LogP contribution in [-0.2, 0) is 19.6 Å². The van der Waals surface area contributed by atoms with Crippen molar-refractivity contribution in [2.24, 2.45) is 0 Å². The molecule has 0 saturated carbocycles. The minimum absolute atomic E-state index is 0.0811. The fourth-order valence-electron chi connectivity index (χ4n) is 2.56. The first-order valence-electron chi connectivity index (χ1n) is 9.19. The Labute approximate surface area is 169 Å². The van der Waals surface area contributed by atoms with Crippen molar-refractivity contribution in [1.82, 2.24) is 5.32 Å². The van der Waals surface area contributed by atoms with E-state index in [4.69, 9.17) is 0 Å². The second-order valence-corrected chi connectivity index (χ2v) is 8.13. The Balaban J connectivity index is 1.93. The summed E-state index contributed by atoms with van der Waals surface area (Å²) in [6, 6.07) is 10.9. The number of rotatable bonds is 10. The average Bonchev–Trinajstić information content (AvgIpc) is 2.66. The lowest BCUT2D eigenvalue weighted by Crippen LogP contribution is -2.20. The highest BCUT2D eigenvalue weighted by molar-refractivity contribution is 7.92. The topological polar surface area (TPSA) is 104 Å². The Morgan fingerprint density at radius 1 is 0.931 bits per heavy atom. The highest BCUT2D eigenvalue weighted by Crippen LogP contribution is 2.25. The maximum atomic E-state index is 13.0. The summed E-state index contributed by atoms with van der Waals surface area (Å²) < 4.78 is 40.4. The molecular weight excluding hydrogens is 397 g/mol. The average molecular weight is 421 g/mol. The number of halogens is 1. The van der Waals surface area contributed by atoms with Crippen LogP contribution in [-0.4, -0.2) is 26.8 Å². The van der Waals surface area contributed by atoms with Gasteiger partial charge in [-0.1, -0.05) is 18.6 Å². The summed E-state index contributed by atoms with van der Waals surface area (Å²) >= 11 is 0. The number of carbonyl (C=O) groups is 2. The van der Waals surface area contributed by atoms with Crippen molar-refractivity contribution in [3.05, 3.63) is 54.3 Å². The summed E-state index contributed by atoms with van der Waals surface area (Å²) in [7, 11) is -3.93. The van der Waals surface area contributed by atoms with Gasteiger partial charge < -0.3 is 10.6 Å². The Hall–Kier alpha value is -2.94. The van der Waals surface area contributed by atoms with Crippen molar-refractivity contribution in [1.29, 1.82) is 0 Å². The third kappa shape index (κ3) is 7.53. The van der Waals surface area contributed by atoms with Crippen molar-refractivity contribution in [2.45, 2.75) is 37.5 Å². The Bertz CT molecular complexity index is 946. The van der Waals surface area contributed by atoms with Gasteiger partial charge in [0.05, 0.1) is 16.3 Å². The molecule has 7 nitrogen and oxygen atoms in total. The molecule has 3 N–H and O–H groups in total. The summed E-state index contributed by atoms with van der Waals surface area (Å²) in [4.78, 5) is 22.9. The van der Waals surface area contributed by atoms with Crippen molar-refractivity contribution < 1.29 is 22.4 Å². The van der Waals surface area contributed by atoms with E-state index in [2.05, 4.69) is 15.4 Å². The maximum Gasteiger partial charge on any atom is 0.261 e. The van der Waals surface area contributed by atoms with E-state index in [-0.39, 0.29) is 28.8 Å². The number of sulfonamides is 1. The molecular formula is C20H24FN3O4S. The smallest absolute Gasteiger partial charge is 0.261 e. The number of nitrogens with one attached hydrogen (secondary N) is 3. The third-order valence-corrected chi connectivity index (χ3v) is 5.41. The summed E-state index contributed by atoms with van der Waals surface area (Å²) in [6.07, 6.45) is 2.49. The van der Waals surface area contributed by atoms with Crippen molar-refractivity contribution in [2.75, 3.05) is 16.6 Å². The normalized spacial score (nSPS) is 11.0. The van der Waals surface area contributed by atoms with Gasteiger partial charge >= 0.3 is 0 Å². The second-order valence-electron chi connectivity index (χ2n) is 6.45. The number of amides is 2. The molecule has 0 aliphatic heterocycles. The van der Waals surface area contributed by atoms with Crippen LogP contribution in [0.4, 0.5) is 15.8 Å². The number of hydrogen-bond acceptors (Lipinski definition) is 4. The second kappa shape index (κ2) is 10.6. The molecule has 0 radical (unpaired) electrons. The SMILES string of the molecule is CC(=O)NCCCCCC(=O)Nc1ccccc1NS(=O)(=O)c1ccc(F)cc1. The van der Waals surface area contributed by atoms with Crippen molar-refractivity contribution >= 4 is 33.2 Å². The highest BCUT2D eigenvalue weighted by atomic mass is 32.2. The molecule has 9 heteroatoms. The molecule has 0 saturated heterocycles. The molecule has 0 aromatic heterocycles. The molecule has 0 atom stereocenters. The Morgan fingerprint density at radius 3 is 2.24 bits per heavy atom. The van der Waals surface area contributed by atoms with Gasteiger partial charge in [-0.15, -0.1) is 0 Å². The largest absolute Gasteiger partial charge is 0.356 e. The quantitative estimate of drug-likeness (QED) is 0.512. The molecule has 0 heterocycles. The number of para-hydroxylation sites is 2. The molecule has 29 heavy (non-hydrogen) atoms. The fraction of sp³-hybridized carbons (Fsp3) is 0.300. The molecule has 2 aromatic carbocycles. The van der Waals surface area contributed by atoms with E-state index in [1.807, 2.05) is 0 Å². The van der Waals surface area contributed by atoms with Crippen molar-refractivity contribution in [3.8, 4) is 0 Å². The van der Waals surface area contributed by atoms with Crippen LogP contribution in [0.3, 0.4) is 0 Å². The molecule has 0 aliphatic rings. The molecule has 156 valence electrons. The minimum atomic E-state index is -3.93. The van der Waals surface area contributed by atoms with E-state index in [1.54, 1.807) is 18.2 Å². The first-order chi connectivity index (χ1) is 13.8. The van der Waals surface area contributed by atoms with Gasteiger partial charge in [-0.05, 0) is 49.2 Å². The van der Waals surface area contributed by atoms with Crippen LogP contribution in [0.25, 0.3) is 0 Å². The van der Waals surface area contributed by atoms with E-state index in [1.165, 1.54) is 25.1 Å². The van der Waals surface area contributed by atoms with Crippen LogP contribution in [0.2, 0.25) is 0 Å². The van der Waals surface area contributed by atoms with Crippen molar-refractivity contribution in [3.63, 3.8) is 0 Å². The molecule has 2 aromatic rings. The standard InChI is InChI=1S/C20H24FN3O4S/c1-15(25)22-14-6-2-3-9-20(26)23-18-7-4-5-8-19(18)24-29(27,28)17-12-10-16(21)11-13-17/h4-5,7-8,10-13,24H,2-3,6,9,14H2,1H3,(H,22,25)(H,23,26). The Kier molecular flexibility index (Phi) is 8.14. The van der Waals surface area contributed by atoms with Gasteiger partial charge in [0.2, 0.25) is 11.8 Å². The van der Waals surface area contributed by atoms with E-state index >= 15 is 0 Å². The van der Waals surface area contributed by atoms with E-state index in [0.717, 1.165) is 25.0 Å². The first kappa shape index (κ1) is 22.4. The van der Waals surface area contributed by atoms with Crippen LogP contribution in [0, 0.1) is 5.82 Å². The molecule has 0 bridgehead atoms. The van der Waals surface area contributed by atoms with Gasteiger partial charge in [0.25, 0.3) is 10.0 Å². The van der Waals surface area contributed by atoms with Gasteiger partial charge in [-0.2, -0.15) is 0 Å². The van der Waals surface area contributed by atoms with Crippen LogP contribution in [0.1, 0.15) is 32.6 Å². The maximum absolute atomic E-state index is 13.0. The van der Waals surface area contributed by atoms with Gasteiger partial charge in [0, 0.05) is 19.9 Å². The monoisotopic (exact) mass is 421 g/mol. The summed E-state index contributed by atoms with van der Waals surface area (Å²) in [5.74, 6) is -0.853. The molecule has 2 rings (SSSR count). The molecule has 0 spiro atoms. The zero-order chi connectivity index (χ0) is 21.3. The number of carbonyl (C=O) groups excluding carboxylic acids is 2. The van der Waals surface area contributed by atoms with Gasteiger partial charge in [0.1, 0.15) is 5.82 Å². The lowest BCUT2D eigenvalue weighted by molar-refractivity contribution is -0.119. The summed E-state index contributed by atoms with van der Waals surface area (Å²) in [6.45, 7) is 2.03. The van der Waals surface area contributed by atoms with E-state index < -0.39 is 15.8 Å². The van der Waals surface area contributed by atoms with Crippen LogP contribution < -0.4 is 15.4 Å². The lowest BCUT2D eigenvalue weighted by Gasteiger charge is -2.13. The fourth-order valence-corrected chi connectivity index (χ4v) is 3.64. The highest BCUT2D eigenvalue weighted by Gasteiger charge is 2.16. The first-order valence-corrected chi connectivity index (χ1v) is 10.7. The lowest BCUT2D eigenvalue weighted by atomic mass is 10.2. The number of benzene rings is 2. The minimum Gasteiger partial charge on any atom is -0.356 e.